The molecule has 1 aromatic carbocycles. The molecule has 1 rings (SSSR count). The largest absolute Gasteiger partial charge is 0.477 e. The van der Waals surface area contributed by atoms with Crippen LogP contribution in [0.15, 0.2) is 18.2 Å². The summed E-state index contributed by atoms with van der Waals surface area (Å²) in [4.78, 5) is 11.6. The number of methoxy groups -OCH3 is 1. The molecular weight excluding hydrogens is 275 g/mol. The number of ether oxygens (including phenoxy) is 2. The SMILES string of the molecule is CCCCC(Oc1ccc(Cl)cc1Cl)C(=O)OC. The minimum Gasteiger partial charge on any atom is -0.477 e. The number of benzene rings is 1. The zero-order valence-electron chi connectivity index (χ0n) is 10.4. The summed E-state index contributed by atoms with van der Waals surface area (Å²) in [6.07, 6.45) is 1.83. The van der Waals surface area contributed by atoms with Gasteiger partial charge in [-0.25, -0.2) is 4.79 Å². The van der Waals surface area contributed by atoms with E-state index >= 15 is 0 Å². The lowest BCUT2D eigenvalue weighted by Gasteiger charge is -2.17. The van der Waals surface area contributed by atoms with E-state index in [0.29, 0.717) is 22.2 Å². The third-order valence-corrected chi connectivity index (χ3v) is 2.98. The van der Waals surface area contributed by atoms with Crippen LogP contribution in [0.1, 0.15) is 26.2 Å². The Bertz CT molecular complexity index is 407. The van der Waals surface area contributed by atoms with Crippen molar-refractivity contribution in [1.82, 2.24) is 0 Å². The Morgan fingerprint density at radius 1 is 1.39 bits per heavy atom. The predicted molar refractivity (Wildman–Crippen MR) is 72.4 cm³/mol. The van der Waals surface area contributed by atoms with Gasteiger partial charge in [0.25, 0.3) is 0 Å². The lowest BCUT2D eigenvalue weighted by molar-refractivity contribution is -0.149. The lowest BCUT2D eigenvalue weighted by Crippen LogP contribution is -2.28. The fourth-order valence-electron chi connectivity index (χ4n) is 1.47. The van der Waals surface area contributed by atoms with Gasteiger partial charge in [-0.2, -0.15) is 0 Å². The molecule has 0 saturated heterocycles. The zero-order valence-corrected chi connectivity index (χ0v) is 11.9. The second-order valence-corrected chi connectivity index (χ2v) is 4.69. The van der Waals surface area contributed by atoms with E-state index in [-0.39, 0.29) is 0 Å². The molecule has 0 aliphatic heterocycles. The van der Waals surface area contributed by atoms with E-state index in [1.807, 2.05) is 6.92 Å². The highest BCUT2D eigenvalue weighted by Gasteiger charge is 2.21. The molecule has 100 valence electrons. The first-order valence-corrected chi connectivity index (χ1v) is 6.53. The molecule has 3 nitrogen and oxygen atoms in total. The summed E-state index contributed by atoms with van der Waals surface area (Å²) in [5.41, 5.74) is 0. The predicted octanol–water partition coefficient (Wildman–Crippen LogP) is 4.10. The number of hydrogen-bond donors (Lipinski definition) is 0. The maximum atomic E-state index is 11.6. The average molecular weight is 291 g/mol. The number of hydrogen-bond acceptors (Lipinski definition) is 3. The van der Waals surface area contributed by atoms with Crippen LogP contribution >= 0.6 is 23.2 Å². The van der Waals surface area contributed by atoms with Crippen LogP contribution in [0.4, 0.5) is 0 Å². The van der Waals surface area contributed by atoms with Crippen molar-refractivity contribution >= 4 is 29.2 Å². The van der Waals surface area contributed by atoms with E-state index in [1.54, 1.807) is 18.2 Å². The third kappa shape index (κ3) is 4.39. The Balaban J connectivity index is 2.78. The Morgan fingerprint density at radius 2 is 2.11 bits per heavy atom. The van der Waals surface area contributed by atoms with Crippen molar-refractivity contribution in [1.29, 1.82) is 0 Å². The lowest BCUT2D eigenvalue weighted by atomic mass is 10.1. The van der Waals surface area contributed by atoms with Crippen LogP contribution in [0.5, 0.6) is 5.75 Å². The van der Waals surface area contributed by atoms with Crippen molar-refractivity contribution in [3.8, 4) is 5.75 Å². The summed E-state index contributed by atoms with van der Waals surface area (Å²) in [6.45, 7) is 2.05. The quantitative estimate of drug-likeness (QED) is 0.740. The van der Waals surface area contributed by atoms with Gasteiger partial charge in [0.2, 0.25) is 0 Å². The Kier molecular flexibility index (Phi) is 6.30. The molecule has 0 radical (unpaired) electrons. The Morgan fingerprint density at radius 3 is 2.67 bits per heavy atom. The van der Waals surface area contributed by atoms with Gasteiger partial charge in [0, 0.05) is 5.02 Å². The van der Waals surface area contributed by atoms with Crippen molar-refractivity contribution in [3.63, 3.8) is 0 Å². The monoisotopic (exact) mass is 290 g/mol. The van der Waals surface area contributed by atoms with E-state index < -0.39 is 12.1 Å². The maximum Gasteiger partial charge on any atom is 0.347 e. The molecule has 0 aromatic heterocycles. The van der Waals surface area contributed by atoms with Gasteiger partial charge in [0.05, 0.1) is 12.1 Å². The standard InChI is InChI=1S/C13H16Cl2O3/c1-3-4-5-12(13(16)17-2)18-11-7-6-9(14)8-10(11)15/h6-8,12H,3-5H2,1-2H3. The summed E-state index contributed by atoms with van der Waals surface area (Å²) in [5.74, 6) is 0.0436. The number of carbonyl (C=O) groups excluding carboxylic acids is 1. The van der Waals surface area contributed by atoms with E-state index in [9.17, 15) is 4.79 Å². The topological polar surface area (TPSA) is 35.5 Å². The highest BCUT2D eigenvalue weighted by Crippen LogP contribution is 2.29. The fraction of sp³-hybridized carbons (Fsp3) is 0.462. The molecule has 0 saturated carbocycles. The molecule has 0 fully saturated rings. The van der Waals surface area contributed by atoms with Gasteiger partial charge in [-0.1, -0.05) is 36.5 Å². The average Bonchev–Trinajstić information content (AvgIpc) is 2.36. The molecule has 1 atom stereocenters. The van der Waals surface area contributed by atoms with Crippen LogP contribution in [-0.4, -0.2) is 19.2 Å². The summed E-state index contributed by atoms with van der Waals surface area (Å²) in [5, 5.41) is 0.906. The normalized spacial score (nSPS) is 12.0. The van der Waals surface area contributed by atoms with Gasteiger partial charge in [-0.15, -0.1) is 0 Å². The van der Waals surface area contributed by atoms with Crippen molar-refractivity contribution in [2.75, 3.05) is 7.11 Å². The van der Waals surface area contributed by atoms with Crippen molar-refractivity contribution in [2.45, 2.75) is 32.3 Å². The molecular formula is C13H16Cl2O3. The summed E-state index contributed by atoms with van der Waals surface area (Å²) >= 11 is 11.8. The molecule has 0 aliphatic rings. The molecule has 0 heterocycles. The number of carbonyl (C=O) groups is 1. The highest BCUT2D eigenvalue weighted by atomic mass is 35.5. The first-order chi connectivity index (χ1) is 8.58. The highest BCUT2D eigenvalue weighted by molar-refractivity contribution is 6.35. The third-order valence-electron chi connectivity index (χ3n) is 2.45. The summed E-state index contributed by atoms with van der Waals surface area (Å²) in [6, 6.07) is 4.89. The Labute approximate surface area is 117 Å². The van der Waals surface area contributed by atoms with E-state index in [2.05, 4.69) is 0 Å². The van der Waals surface area contributed by atoms with Crippen LogP contribution in [0.2, 0.25) is 10.0 Å². The van der Waals surface area contributed by atoms with Crippen LogP contribution in [0.25, 0.3) is 0 Å². The van der Waals surface area contributed by atoms with E-state index in [0.717, 1.165) is 12.8 Å². The van der Waals surface area contributed by atoms with E-state index in [4.69, 9.17) is 32.7 Å². The van der Waals surface area contributed by atoms with Gasteiger partial charge < -0.3 is 9.47 Å². The van der Waals surface area contributed by atoms with Gasteiger partial charge in [0.1, 0.15) is 5.75 Å². The molecule has 0 amide bonds. The zero-order chi connectivity index (χ0) is 13.5. The van der Waals surface area contributed by atoms with E-state index in [1.165, 1.54) is 7.11 Å². The first-order valence-electron chi connectivity index (χ1n) is 5.78. The van der Waals surface area contributed by atoms with Gasteiger partial charge in [0.15, 0.2) is 6.10 Å². The van der Waals surface area contributed by atoms with Crippen molar-refractivity contribution < 1.29 is 14.3 Å². The van der Waals surface area contributed by atoms with Crippen LogP contribution in [0, 0.1) is 0 Å². The minimum absolute atomic E-state index is 0.382. The fourth-order valence-corrected chi connectivity index (χ4v) is 1.92. The first kappa shape index (κ1) is 15.1. The second-order valence-electron chi connectivity index (χ2n) is 3.85. The molecule has 0 bridgehead atoms. The number of esters is 1. The van der Waals surface area contributed by atoms with Gasteiger partial charge >= 0.3 is 5.97 Å². The van der Waals surface area contributed by atoms with Crippen molar-refractivity contribution in [2.24, 2.45) is 0 Å². The second kappa shape index (κ2) is 7.49. The maximum absolute atomic E-state index is 11.6. The summed E-state index contributed by atoms with van der Waals surface area (Å²) in [7, 11) is 1.34. The number of halogens is 2. The molecule has 0 N–H and O–H groups in total. The van der Waals surface area contributed by atoms with Crippen LogP contribution in [0.3, 0.4) is 0 Å². The molecule has 5 heteroatoms. The number of rotatable bonds is 6. The van der Waals surface area contributed by atoms with Crippen molar-refractivity contribution in [3.05, 3.63) is 28.2 Å². The molecule has 18 heavy (non-hydrogen) atoms. The molecule has 0 aliphatic carbocycles. The Hall–Kier alpha value is -0.930. The van der Waals surface area contributed by atoms with Crippen LogP contribution in [-0.2, 0) is 9.53 Å². The number of unbranched alkanes of at least 4 members (excludes halogenated alkanes) is 1. The smallest absolute Gasteiger partial charge is 0.347 e. The van der Waals surface area contributed by atoms with Crippen LogP contribution < -0.4 is 4.74 Å². The van der Waals surface area contributed by atoms with Gasteiger partial charge in [-0.3, -0.25) is 0 Å². The molecule has 0 spiro atoms. The molecule has 1 aromatic rings. The van der Waals surface area contributed by atoms with Gasteiger partial charge in [-0.05, 0) is 31.0 Å². The molecule has 1 unspecified atom stereocenters. The summed E-state index contributed by atoms with van der Waals surface area (Å²) < 4.78 is 10.3. The minimum atomic E-state index is -0.631.